The smallest absolute Gasteiger partial charge is 0.338 e. The topological polar surface area (TPSA) is 72.9 Å². The van der Waals surface area contributed by atoms with E-state index in [1.54, 1.807) is 13.8 Å². The van der Waals surface area contributed by atoms with Crippen LogP contribution in [0.4, 0.5) is 0 Å². The van der Waals surface area contributed by atoms with Gasteiger partial charge in [-0.05, 0) is 41.0 Å². The first-order valence-corrected chi connectivity index (χ1v) is 7.75. The second kappa shape index (κ2) is 8.27. The highest BCUT2D eigenvalue weighted by atomic mass is 16.7. The summed E-state index contributed by atoms with van der Waals surface area (Å²) in [5.74, 6) is -1.53. The maximum atomic E-state index is 12.0. The first-order valence-electron chi connectivity index (χ1n) is 7.75. The van der Waals surface area contributed by atoms with Gasteiger partial charge in [0.15, 0.2) is 0 Å². The van der Waals surface area contributed by atoms with Crippen molar-refractivity contribution in [1.82, 2.24) is 5.06 Å². The SMILES string of the molecule is CC.CC(C)(C)OCCC(C)(C)C(=O)ON1C(=O)CCC1=O. The number of ether oxygens (including phenoxy) is 1. The van der Waals surface area contributed by atoms with Crippen molar-refractivity contribution >= 4 is 17.8 Å². The van der Waals surface area contributed by atoms with Crippen LogP contribution in [0.5, 0.6) is 0 Å². The van der Waals surface area contributed by atoms with E-state index in [1.165, 1.54) is 0 Å². The van der Waals surface area contributed by atoms with Gasteiger partial charge in [-0.1, -0.05) is 13.8 Å². The van der Waals surface area contributed by atoms with Crippen LogP contribution in [-0.4, -0.2) is 35.1 Å². The highest BCUT2D eigenvalue weighted by molar-refractivity contribution is 6.01. The van der Waals surface area contributed by atoms with E-state index in [9.17, 15) is 14.4 Å². The lowest BCUT2D eigenvalue weighted by molar-refractivity contribution is -0.205. The van der Waals surface area contributed by atoms with Gasteiger partial charge in [0.25, 0.3) is 11.8 Å². The molecule has 0 aromatic rings. The fraction of sp³-hybridized carbons (Fsp3) is 0.812. The number of hydroxylamine groups is 2. The summed E-state index contributed by atoms with van der Waals surface area (Å²) in [7, 11) is 0. The Bertz CT molecular complexity index is 393. The molecule has 0 radical (unpaired) electrons. The number of nitrogens with zero attached hydrogens (tertiary/aromatic N) is 1. The average molecular weight is 315 g/mol. The predicted octanol–water partition coefficient (Wildman–Crippen LogP) is 2.85. The second-order valence-corrected chi connectivity index (χ2v) is 6.56. The molecule has 1 fully saturated rings. The molecule has 0 aromatic heterocycles. The average Bonchev–Trinajstić information content (AvgIpc) is 2.71. The molecule has 0 atom stereocenters. The third kappa shape index (κ3) is 6.56. The molecule has 128 valence electrons. The van der Waals surface area contributed by atoms with Gasteiger partial charge in [-0.3, -0.25) is 9.59 Å². The highest BCUT2D eigenvalue weighted by Crippen LogP contribution is 2.25. The summed E-state index contributed by atoms with van der Waals surface area (Å²) in [4.78, 5) is 39.8. The van der Waals surface area contributed by atoms with Gasteiger partial charge in [0, 0.05) is 19.4 Å². The monoisotopic (exact) mass is 315 g/mol. The normalized spacial score (nSPS) is 15.5. The van der Waals surface area contributed by atoms with Crippen LogP contribution in [0, 0.1) is 5.41 Å². The number of amides is 2. The van der Waals surface area contributed by atoms with Crippen LogP contribution >= 0.6 is 0 Å². The van der Waals surface area contributed by atoms with Crippen LogP contribution in [0.25, 0.3) is 0 Å². The molecule has 1 aliphatic heterocycles. The minimum atomic E-state index is -0.825. The van der Waals surface area contributed by atoms with E-state index < -0.39 is 23.2 Å². The number of hydrogen-bond acceptors (Lipinski definition) is 5. The molecule has 1 heterocycles. The molecule has 0 bridgehead atoms. The molecule has 0 saturated carbocycles. The molecule has 1 rings (SSSR count). The van der Waals surface area contributed by atoms with Crippen molar-refractivity contribution < 1.29 is 24.0 Å². The lowest BCUT2D eigenvalue weighted by Crippen LogP contribution is -2.38. The highest BCUT2D eigenvalue weighted by Gasteiger charge is 2.38. The lowest BCUT2D eigenvalue weighted by atomic mass is 9.90. The number of carbonyl (C=O) groups is 3. The molecule has 0 unspecified atom stereocenters. The van der Waals surface area contributed by atoms with Crippen molar-refractivity contribution in [3.8, 4) is 0 Å². The summed E-state index contributed by atoms with van der Waals surface area (Å²) < 4.78 is 5.57. The second-order valence-electron chi connectivity index (χ2n) is 6.56. The van der Waals surface area contributed by atoms with Crippen LogP contribution in [-0.2, 0) is 24.0 Å². The predicted molar refractivity (Wildman–Crippen MR) is 82.6 cm³/mol. The summed E-state index contributed by atoms with van der Waals surface area (Å²) >= 11 is 0. The zero-order chi connectivity index (χ0) is 17.6. The Morgan fingerprint density at radius 2 is 1.50 bits per heavy atom. The maximum absolute atomic E-state index is 12.0. The fourth-order valence-corrected chi connectivity index (χ4v) is 1.58. The van der Waals surface area contributed by atoms with Gasteiger partial charge in [-0.25, -0.2) is 4.79 Å². The molecule has 22 heavy (non-hydrogen) atoms. The third-order valence-corrected chi connectivity index (χ3v) is 2.99. The Kier molecular flexibility index (Phi) is 7.73. The van der Waals surface area contributed by atoms with E-state index in [1.807, 2.05) is 34.6 Å². The van der Waals surface area contributed by atoms with Crippen LogP contribution < -0.4 is 0 Å². The van der Waals surface area contributed by atoms with Gasteiger partial charge in [-0.2, -0.15) is 0 Å². The molecule has 0 spiro atoms. The van der Waals surface area contributed by atoms with Crippen LogP contribution in [0.2, 0.25) is 0 Å². The van der Waals surface area contributed by atoms with Crippen molar-refractivity contribution in [3.63, 3.8) is 0 Å². The number of imide groups is 1. The summed E-state index contributed by atoms with van der Waals surface area (Å²) in [5, 5.41) is 0.578. The van der Waals surface area contributed by atoms with E-state index >= 15 is 0 Å². The minimum absolute atomic E-state index is 0.0969. The lowest BCUT2D eigenvalue weighted by Gasteiger charge is -2.26. The maximum Gasteiger partial charge on any atom is 0.338 e. The molecule has 0 N–H and O–H groups in total. The first-order chi connectivity index (χ1) is 10.0. The van der Waals surface area contributed by atoms with E-state index in [0.29, 0.717) is 18.1 Å². The summed E-state index contributed by atoms with van der Waals surface area (Å²) in [6, 6.07) is 0. The van der Waals surface area contributed by atoms with Gasteiger partial charge >= 0.3 is 5.97 Å². The van der Waals surface area contributed by atoms with Crippen LogP contribution in [0.15, 0.2) is 0 Å². The first kappa shape index (κ1) is 20.6. The fourth-order valence-electron chi connectivity index (χ4n) is 1.58. The third-order valence-electron chi connectivity index (χ3n) is 2.99. The van der Waals surface area contributed by atoms with E-state index in [4.69, 9.17) is 9.57 Å². The largest absolute Gasteiger partial charge is 0.376 e. The van der Waals surface area contributed by atoms with Gasteiger partial charge in [0.1, 0.15) is 0 Å². The van der Waals surface area contributed by atoms with Crippen LogP contribution in [0.1, 0.15) is 67.7 Å². The Hall–Kier alpha value is -1.43. The molecule has 0 aliphatic carbocycles. The minimum Gasteiger partial charge on any atom is -0.376 e. The molecule has 0 aromatic carbocycles. The van der Waals surface area contributed by atoms with Crippen molar-refractivity contribution in [3.05, 3.63) is 0 Å². The number of hydrogen-bond donors (Lipinski definition) is 0. The quantitative estimate of drug-likeness (QED) is 0.729. The standard InChI is InChI=1S/C14H23NO5.C2H6/c1-13(2,3)19-9-8-14(4,5)12(18)20-15-10(16)6-7-11(15)17;1-2/h6-9H2,1-5H3;1-2H3. The number of rotatable bonds is 5. The van der Waals surface area contributed by atoms with E-state index in [2.05, 4.69) is 0 Å². The van der Waals surface area contributed by atoms with Crippen molar-refractivity contribution in [1.29, 1.82) is 0 Å². The zero-order valence-electron chi connectivity index (χ0n) is 14.8. The van der Waals surface area contributed by atoms with Crippen LogP contribution in [0.3, 0.4) is 0 Å². The Balaban J connectivity index is 0.00000211. The summed E-state index contributed by atoms with van der Waals surface area (Å²) in [6.45, 7) is 13.6. The molecular weight excluding hydrogens is 286 g/mol. The Labute approximate surface area is 133 Å². The Morgan fingerprint density at radius 3 is 1.91 bits per heavy atom. The van der Waals surface area contributed by atoms with E-state index in [-0.39, 0.29) is 18.4 Å². The molecule has 6 heteroatoms. The summed E-state index contributed by atoms with van der Waals surface area (Å²) in [5.41, 5.74) is -1.10. The molecular formula is C16H29NO5. The van der Waals surface area contributed by atoms with Gasteiger partial charge < -0.3 is 9.57 Å². The van der Waals surface area contributed by atoms with Gasteiger partial charge in [0.2, 0.25) is 0 Å². The van der Waals surface area contributed by atoms with Crippen molar-refractivity contribution in [2.45, 2.75) is 73.3 Å². The molecule has 6 nitrogen and oxygen atoms in total. The van der Waals surface area contributed by atoms with Crippen molar-refractivity contribution in [2.75, 3.05) is 6.61 Å². The van der Waals surface area contributed by atoms with Gasteiger partial charge in [0.05, 0.1) is 11.0 Å². The van der Waals surface area contributed by atoms with Crippen molar-refractivity contribution in [2.24, 2.45) is 5.41 Å². The molecule has 2 amide bonds. The molecule has 1 saturated heterocycles. The van der Waals surface area contributed by atoms with E-state index in [0.717, 1.165) is 0 Å². The zero-order valence-corrected chi connectivity index (χ0v) is 14.8. The number of carbonyl (C=O) groups excluding carboxylic acids is 3. The Morgan fingerprint density at radius 1 is 1.05 bits per heavy atom. The molecule has 1 aliphatic rings. The van der Waals surface area contributed by atoms with Gasteiger partial charge in [-0.15, -0.1) is 5.06 Å². The summed E-state index contributed by atoms with van der Waals surface area (Å²) in [6.07, 6.45) is 0.638.